The lowest BCUT2D eigenvalue weighted by Crippen LogP contribution is -2.17. The Labute approximate surface area is 107 Å². The van der Waals surface area contributed by atoms with E-state index in [1.165, 1.54) is 36.0 Å². The molecule has 0 saturated heterocycles. The first kappa shape index (κ1) is 15.1. The number of aliphatic hydroxyl groups excluding tert-OH is 2. The molecular formula is C11H13F3O3S. The Bertz CT molecular complexity index is 354. The Morgan fingerprint density at radius 1 is 1.22 bits per heavy atom. The minimum atomic E-state index is -4.68. The highest BCUT2D eigenvalue weighted by Gasteiger charge is 2.30. The highest BCUT2D eigenvalue weighted by atomic mass is 32.2. The van der Waals surface area contributed by atoms with Crippen molar-refractivity contribution >= 4 is 11.8 Å². The van der Waals surface area contributed by atoms with Crippen molar-refractivity contribution in [3.05, 3.63) is 29.8 Å². The number of ether oxygens (including phenoxy) is 1. The molecule has 0 aliphatic rings. The largest absolute Gasteiger partial charge is 0.573 e. The van der Waals surface area contributed by atoms with Crippen LogP contribution in [-0.4, -0.2) is 35.0 Å². The molecule has 1 rings (SSSR count). The number of rotatable bonds is 6. The van der Waals surface area contributed by atoms with E-state index in [4.69, 9.17) is 10.2 Å². The summed E-state index contributed by atoms with van der Waals surface area (Å²) in [5.41, 5.74) is 0.819. The smallest absolute Gasteiger partial charge is 0.406 e. The quantitative estimate of drug-likeness (QED) is 0.839. The number of alkyl halides is 3. The maximum absolute atomic E-state index is 11.9. The number of halogens is 3. The topological polar surface area (TPSA) is 49.7 Å². The fourth-order valence-electron chi connectivity index (χ4n) is 1.15. The summed E-state index contributed by atoms with van der Waals surface area (Å²) in [5, 5.41) is 17.7. The fraction of sp³-hybridized carbons (Fsp3) is 0.455. The first-order chi connectivity index (χ1) is 8.40. The molecule has 0 fully saturated rings. The van der Waals surface area contributed by atoms with Crippen LogP contribution in [0.25, 0.3) is 0 Å². The SMILES string of the molecule is OCC(O)CSCc1ccc(OC(F)(F)F)cc1. The van der Waals surface area contributed by atoms with Crippen LogP contribution in [0.3, 0.4) is 0 Å². The summed E-state index contributed by atoms with van der Waals surface area (Å²) in [6.07, 6.45) is -5.45. The maximum atomic E-state index is 11.9. The molecule has 102 valence electrons. The summed E-state index contributed by atoms with van der Waals surface area (Å²) in [6.45, 7) is -0.300. The second-order valence-corrected chi connectivity index (χ2v) is 4.57. The lowest BCUT2D eigenvalue weighted by molar-refractivity contribution is -0.274. The summed E-state index contributed by atoms with van der Waals surface area (Å²) < 4.78 is 39.4. The minimum Gasteiger partial charge on any atom is -0.406 e. The van der Waals surface area contributed by atoms with Gasteiger partial charge in [-0.2, -0.15) is 11.8 Å². The molecule has 1 aromatic rings. The lowest BCUT2D eigenvalue weighted by atomic mass is 10.2. The van der Waals surface area contributed by atoms with E-state index in [2.05, 4.69) is 4.74 Å². The van der Waals surface area contributed by atoms with Crippen LogP contribution in [0.5, 0.6) is 5.75 Å². The van der Waals surface area contributed by atoms with E-state index >= 15 is 0 Å². The van der Waals surface area contributed by atoms with Crippen molar-refractivity contribution in [2.24, 2.45) is 0 Å². The number of thioether (sulfide) groups is 1. The zero-order valence-electron chi connectivity index (χ0n) is 9.35. The highest BCUT2D eigenvalue weighted by molar-refractivity contribution is 7.98. The molecule has 7 heteroatoms. The van der Waals surface area contributed by atoms with E-state index < -0.39 is 12.5 Å². The van der Waals surface area contributed by atoms with E-state index in [1.54, 1.807) is 0 Å². The summed E-state index contributed by atoms with van der Waals surface area (Å²) in [4.78, 5) is 0. The Kier molecular flexibility index (Phi) is 5.77. The summed E-state index contributed by atoms with van der Waals surface area (Å²) in [6, 6.07) is 5.54. The van der Waals surface area contributed by atoms with Gasteiger partial charge in [0.2, 0.25) is 0 Å². The predicted molar refractivity (Wildman–Crippen MR) is 62.4 cm³/mol. The van der Waals surface area contributed by atoms with Crippen LogP contribution in [0.4, 0.5) is 13.2 Å². The summed E-state index contributed by atoms with van der Waals surface area (Å²) >= 11 is 1.38. The van der Waals surface area contributed by atoms with Crippen LogP contribution in [-0.2, 0) is 5.75 Å². The van der Waals surface area contributed by atoms with Gasteiger partial charge in [-0.05, 0) is 17.7 Å². The van der Waals surface area contributed by atoms with Crippen molar-refractivity contribution in [2.45, 2.75) is 18.2 Å². The van der Waals surface area contributed by atoms with Crippen LogP contribution in [0.1, 0.15) is 5.56 Å². The van der Waals surface area contributed by atoms with Gasteiger partial charge in [0.25, 0.3) is 0 Å². The van der Waals surface area contributed by atoms with Gasteiger partial charge in [-0.1, -0.05) is 12.1 Å². The van der Waals surface area contributed by atoms with Crippen molar-refractivity contribution in [3.8, 4) is 5.75 Å². The van der Waals surface area contributed by atoms with Gasteiger partial charge >= 0.3 is 6.36 Å². The van der Waals surface area contributed by atoms with Gasteiger partial charge in [-0.3, -0.25) is 0 Å². The first-order valence-electron chi connectivity index (χ1n) is 5.12. The zero-order chi connectivity index (χ0) is 13.6. The average Bonchev–Trinajstić information content (AvgIpc) is 2.29. The van der Waals surface area contributed by atoms with Gasteiger partial charge in [0, 0.05) is 11.5 Å². The van der Waals surface area contributed by atoms with Gasteiger partial charge in [0.05, 0.1) is 12.7 Å². The molecule has 0 heterocycles. The van der Waals surface area contributed by atoms with Gasteiger partial charge < -0.3 is 14.9 Å². The summed E-state index contributed by atoms with van der Waals surface area (Å²) in [7, 11) is 0. The standard InChI is InChI=1S/C11H13F3O3S/c12-11(13,14)17-10-3-1-8(2-4-10)6-18-7-9(16)5-15/h1-4,9,15-16H,5-7H2. The molecule has 1 atom stereocenters. The molecule has 0 aromatic heterocycles. The molecule has 1 aromatic carbocycles. The molecule has 0 saturated carbocycles. The molecule has 0 amide bonds. The molecule has 3 nitrogen and oxygen atoms in total. The third kappa shape index (κ3) is 6.13. The van der Waals surface area contributed by atoms with Gasteiger partial charge in [-0.25, -0.2) is 0 Å². The number of hydrogen-bond acceptors (Lipinski definition) is 4. The maximum Gasteiger partial charge on any atom is 0.573 e. The monoisotopic (exact) mass is 282 g/mol. The number of hydrogen-bond donors (Lipinski definition) is 2. The summed E-state index contributed by atoms with van der Waals surface area (Å²) in [5.74, 6) is 0.660. The van der Waals surface area contributed by atoms with Crippen LogP contribution in [0, 0.1) is 0 Å². The van der Waals surface area contributed by atoms with E-state index in [0.29, 0.717) is 11.5 Å². The van der Waals surface area contributed by atoms with E-state index in [9.17, 15) is 13.2 Å². The zero-order valence-corrected chi connectivity index (χ0v) is 10.2. The Hall–Kier alpha value is -0.920. The van der Waals surface area contributed by atoms with E-state index in [1.807, 2.05) is 0 Å². The van der Waals surface area contributed by atoms with E-state index in [-0.39, 0.29) is 12.4 Å². The van der Waals surface area contributed by atoms with Gasteiger partial charge in [-0.15, -0.1) is 13.2 Å². The Morgan fingerprint density at radius 3 is 2.33 bits per heavy atom. The van der Waals surface area contributed by atoms with Crippen LogP contribution in [0.2, 0.25) is 0 Å². The first-order valence-corrected chi connectivity index (χ1v) is 6.27. The van der Waals surface area contributed by atoms with Crippen LogP contribution in [0.15, 0.2) is 24.3 Å². The molecular weight excluding hydrogens is 269 g/mol. The highest BCUT2D eigenvalue weighted by Crippen LogP contribution is 2.23. The number of aliphatic hydroxyl groups is 2. The third-order valence-corrected chi connectivity index (χ3v) is 3.10. The normalized spacial score (nSPS) is 13.4. The molecule has 0 aliphatic carbocycles. The lowest BCUT2D eigenvalue weighted by Gasteiger charge is -2.09. The van der Waals surface area contributed by atoms with Crippen LogP contribution >= 0.6 is 11.8 Å². The third-order valence-electron chi connectivity index (χ3n) is 1.95. The van der Waals surface area contributed by atoms with Crippen molar-refractivity contribution < 1.29 is 28.1 Å². The molecule has 18 heavy (non-hydrogen) atoms. The predicted octanol–water partition coefficient (Wildman–Crippen LogP) is 2.17. The molecule has 1 unspecified atom stereocenters. The van der Waals surface area contributed by atoms with Crippen molar-refractivity contribution in [1.82, 2.24) is 0 Å². The Balaban J connectivity index is 2.41. The van der Waals surface area contributed by atoms with Gasteiger partial charge in [0.1, 0.15) is 5.75 Å². The second kappa shape index (κ2) is 6.86. The number of benzene rings is 1. The second-order valence-electron chi connectivity index (χ2n) is 3.54. The molecule has 2 N–H and O–H groups in total. The average molecular weight is 282 g/mol. The van der Waals surface area contributed by atoms with Crippen molar-refractivity contribution in [3.63, 3.8) is 0 Å². The molecule has 0 radical (unpaired) electrons. The fourth-order valence-corrected chi connectivity index (χ4v) is 2.08. The van der Waals surface area contributed by atoms with Crippen molar-refractivity contribution in [1.29, 1.82) is 0 Å². The Morgan fingerprint density at radius 2 is 1.83 bits per heavy atom. The molecule has 0 spiro atoms. The van der Waals surface area contributed by atoms with Crippen LogP contribution < -0.4 is 4.74 Å². The molecule has 0 aliphatic heterocycles. The van der Waals surface area contributed by atoms with E-state index in [0.717, 1.165) is 5.56 Å². The van der Waals surface area contributed by atoms with Gasteiger partial charge in [0.15, 0.2) is 0 Å². The van der Waals surface area contributed by atoms with Crippen molar-refractivity contribution in [2.75, 3.05) is 12.4 Å². The minimum absolute atomic E-state index is 0.258. The molecule has 0 bridgehead atoms.